The lowest BCUT2D eigenvalue weighted by Gasteiger charge is -2.31. The number of nitrogens with one attached hydrogen (secondary N) is 1. The van der Waals surface area contributed by atoms with Crippen molar-refractivity contribution in [2.75, 3.05) is 6.54 Å². The molecule has 1 fully saturated rings. The predicted octanol–water partition coefficient (Wildman–Crippen LogP) is 5.24. The second-order valence-electron chi connectivity index (χ2n) is 9.69. The van der Waals surface area contributed by atoms with Crippen LogP contribution < -0.4 is 5.32 Å². The van der Waals surface area contributed by atoms with Crippen molar-refractivity contribution in [2.45, 2.75) is 70.5 Å². The summed E-state index contributed by atoms with van der Waals surface area (Å²) in [6.07, 6.45) is 5.58. The van der Waals surface area contributed by atoms with Gasteiger partial charge in [-0.15, -0.1) is 0 Å². The molecular formula is C28H31Cl2N3O4. The number of hydrogen-bond donors (Lipinski definition) is 1. The zero-order valence-electron chi connectivity index (χ0n) is 20.8. The topological polar surface area (TPSA) is 86.8 Å². The van der Waals surface area contributed by atoms with Gasteiger partial charge in [-0.3, -0.25) is 24.1 Å². The molecule has 1 unspecified atom stereocenters. The van der Waals surface area contributed by atoms with E-state index in [2.05, 4.69) is 5.32 Å². The number of hydrogen-bond acceptors (Lipinski definition) is 4. The average molecular weight is 544 g/mol. The van der Waals surface area contributed by atoms with E-state index in [0.717, 1.165) is 25.7 Å². The lowest BCUT2D eigenvalue weighted by atomic mass is 9.95. The Morgan fingerprint density at radius 3 is 2.30 bits per heavy atom. The highest BCUT2D eigenvalue weighted by Gasteiger charge is 2.35. The molecule has 1 aliphatic heterocycles. The zero-order chi connectivity index (χ0) is 26.5. The van der Waals surface area contributed by atoms with Crippen LogP contribution in [0.4, 0.5) is 0 Å². The van der Waals surface area contributed by atoms with Crippen molar-refractivity contribution in [3.05, 3.63) is 69.2 Å². The maximum Gasteiger partial charge on any atom is 0.261 e. The Morgan fingerprint density at radius 2 is 1.68 bits per heavy atom. The molecule has 1 aliphatic carbocycles. The lowest BCUT2D eigenvalue weighted by Crippen LogP contribution is -2.50. The summed E-state index contributed by atoms with van der Waals surface area (Å²) in [5.74, 6) is -1.16. The van der Waals surface area contributed by atoms with Gasteiger partial charge in [-0.1, -0.05) is 60.7 Å². The molecule has 196 valence electrons. The molecule has 4 amide bonds. The fourth-order valence-corrected chi connectivity index (χ4v) is 5.43. The molecule has 7 nitrogen and oxygen atoms in total. The summed E-state index contributed by atoms with van der Waals surface area (Å²) in [5, 5.41) is 4.00. The predicted molar refractivity (Wildman–Crippen MR) is 143 cm³/mol. The number of imide groups is 1. The van der Waals surface area contributed by atoms with E-state index in [-0.39, 0.29) is 55.6 Å². The Bertz CT molecular complexity index is 1160. The average Bonchev–Trinajstić information content (AvgIpc) is 3.13. The maximum atomic E-state index is 13.4. The second-order valence-corrected chi connectivity index (χ2v) is 10.5. The first-order chi connectivity index (χ1) is 17.8. The molecule has 0 saturated heterocycles. The molecule has 2 aromatic carbocycles. The van der Waals surface area contributed by atoms with Crippen LogP contribution in [0.1, 0.15) is 78.1 Å². The SMILES string of the molecule is CC(C(=O)NC1CCCCC1)N(Cc1ccc(Cl)cc1Cl)C(=O)CCCN1C(=O)c2ccccc2C1=O. The normalized spacial score (nSPS) is 16.5. The Hall–Kier alpha value is -2.90. The fraction of sp³-hybridized carbons (Fsp3) is 0.429. The van der Waals surface area contributed by atoms with Gasteiger partial charge in [0.15, 0.2) is 0 Å². The molecule has 0 spiro atoms. The third-order valence-corrected chi connectivity index (χ3v) is 7.71. The molecule has 0 radical (unpaired) electrons. The van der Waals surface area contributed by atoms with Gasteiger partial charge < -0.3 is 10.2 Å². The quantitative estimate of drug-likeness (QED) is 0.438. The van der Waals surface area contributed by atoms with Gasteiger partial charge in [0.05, 0.1) is 11.1 Å². The van der Waals surface area contributed by atoms with Gasteiger partial charge in [-0.25, -0.2) is 0 Å². The minimum atomic E-state index is -0.722. The van der Waals surface area contributed by atoms with Crippen molar-refractivity contribution in [1.29, 1.82) is 0 Å². The van der Waals surface area contributed by atoms with Crippen LogP contribution in [0.5, 0.6) is 0 Å². The van der Waals surface area contributed by atoms with Crippen molar-refractivity contribution < 1.29 is 19.2 Å². The minimum absolute atomic E-state index is 0.0691. The highest BCUT2D eigenvalue weighted by molar-refractivity contribution is 6.35. The summed E-state index contributed by atoms with van der Waals surface area (Å²) in [4.78, 5) is 54.5. The van der Waals surface area contributed by atoms with Crippen LogP contribution in [0.3, 0.4) is 0 Å². The van der Waals surface area contributed by atoms with E-state index >= 15 is 0 Å². The molecule has 0 aromatic heterocycles. The third-order valence-electron chi connectivity index (χ3n) is 7.13. The largest absolute Gasteiger partial charge is 0.352 e. The minimum Gasteiger partial charge on any atom is -0.352 e. The highest BCUT2D eigenvalue weighted by atomic mass is 35.5. The van der Waals surface area contributed by atoms with Crippen molar-refractivity contribution in [3.63, 3.8) is 0 Å². The Balaban J connectivity index is 1.43. The first-order valence-corrected chi connectivity index (χ1v) is 13.5. The number of carbonyl (C=O) groups excluding carboxylic acids is 4. The molecule has 9 heteroatoms. The summed E-state index contributed by atoms with van der Waals surface area (Å²) < 4.78 is 0. The summed E-state index contributed by atoms with van der Waals surface area (Å²) in [7, 11) is 0. The van der Waals surface area contributed by atoms with Crippen LogP contribution in [0, 0.1) is 0 Å². The summed E-state index contributed by atoms with van der Waals surface area (Å²) in [6.45, 7) is 1.97. The molecule has 1 atom stereocenters. The summed E-state index contributed by atoms with van der Waals surface area (Å²) >= 11 is 12.4. The standard InChI is InChI=1S/C28H31Cl2N3O4/c1-18(26(35)31-21-8-3-2-4-9-21)33(17-19-13-14-20(29)16-24(19)30)25(34)12-7-15-32-27(36)22-10-5-6-11-23(22)28(32)37/h5-6,10-11,13-14,16,18,21H,2-4,7-9,12,15,17H2,1H3,(H,31,35). The van der Waals surface area contributed by atoms with Gasteiger partial charge in [0, 0.05) is 35.6 Å². The number of rotatable bonds is 9. The van der Waals surface area contributed by atoms with Crippen molar-refractivity contribution in [1.82, 2.24) is 15.1 Å². The number of nitrogens with zero attached hydrogens (tertiary/aromatic N) is 2. The number of carbonyl (C=O) groups is 4. The van der Waals surface area contributed by atoms with Crippen LogP contribution in [0.15, 0.2) is 42.5 Å². The molecule has 1 saturated carbocycles. The first-order valence-electron chi connectivity index (χ1n) is 12.7. The van der Waals surface area contributed by atoms with Crippen LogP contribution in [0.2, 0.25) is 10.0 Å². The molecule has 0 bridgehead atoms. The number of benzene rings is 2. The van der Waals surface area contributed by atoms with Crippen LogP contribution >= 0.6 is 23.2 Å². The van der Waals surface area contributed by atoms with Gasteiger partial charge in [0.2, 0.25) is 11.8 Å². The van der Waals surface area contributed by atoms with Crippen molar-refractivity contribution in [2.24, 2.45) is 0 Å². The second kappa shape index (κ2) is 12.1. The lowest BCUT2D eigenvalue weighted by molar-refractivity contribution is -0.141. The Kier molecular flexibility index (Phi) is 8.87. The molecule has 37 heavy (non-hydrogen) atoms. The molecule has 2 aromatic rings. The van der Waals surface area contributed by atoms with Gasteiger partial charge >= 0.3 is 0 Å². The molecule has 4 rings (SSSR count). The van der Waals surface area contributed by atoms with E-state index in [0.29, 0.717) is 26.7 Å². The molecule has 1 N–H and O–H groups in total. The number of halogens is 2. The third kappa shape index (κ3) is 6.33. The van der Waals surface area contributed by atoms with E-state index in [1.54, 1.807) is 49.4 Å². The highest BCUT2D eigenvalue weighted by Crippen LogP contribution is 2.25. The van der Waals surface area contributed by atoms with E-state index in [1.807, 2.05) is 0 Å². The van der Waals surface area contributed by atoms with Crippen molar-refractivity contribution in [3.8, 4) is 0 Å². The van der Waals surface area contributed by atoms with E-state index in [1.165, 1.54) is 16.2 Å². The number of fused-ring (bicyclic) bond motifs is 1. The molecular weight excluding hydrogens is 513 g/mol. The first kappa shape index (κ1) is 27.1. The van der Waals surface area contributed by atoms with E-state index in [9.17, 15) is 19.2 Å². The van der Waals surface area contributed by atoms with E-state index < -0.39 is 6.04 Å². The summed E-state index contributed by atoms with van der Waals surface area (Å²) in [6, 6.07) is 11.1. The number of amides is 4. The molecule has 2 aliphatic rings. The summed E-state index contributed by atoms with van der Waals surface area (Å²) in [5.41, 5.74) is 1.44. The van der Waals surface area contributed by atoms with Crippen LogP contribution in [-0.2, 0) is 16.1 Å². The Labute approximate surface area is 227 Å². The zero-order valence-corrected chi connectivity index (χ0v) is 22.4. The van der Waals surface area contributed by atoms with Gasteiger partial charge in [-0.2, -0.15) is 0 Å². The smallest absolute Gasteiger partial charge is 0.261 e. The van der Waals surface area contributed by atoms with Gasteiger partial charge in [0.1, 0.15) is 6.04 Å². The Morgan fingerprint density at radius 1 is 1.03 bits per heavy atom. The van der Waals surface area contributed by atoms with Gasteiger partial charge in [0.25, 0.3) is 11.8 Å². The fourth-order valence-electron chi connectivity index (χ4n) is 4.96. The molecule has 1 heterocycles. The van der Waals surface area contributed by atoms with Crippen LogP contribution in [-0.4, -0.2) is 52.1 Å². The monoisotopic (exact) mass is 543 g/mol. The van der Waals surface area contributed by atoms with E-state index in [4.69, 9.17) is 23.2 Å². The van der Waals surface area contributed by atoms with Gasteiger partial charge in [-0.05, 0) is 56.0 Å². The maximum absolute atomic E-state index is 13.4. The van der Waals surface area contributed by atoms with Crippen molar-refractivity contribution >= 4 is 46.8 Å². The van der Waals surface area contributed by atoms with Crippen LogP contribution in [0.25, 0.3) is 0 Å².